The standard InChI is InChI=1S/C12H14N2O2/c1-7(13)11(15)8-3-4-9-6-14(2)12(16)10(9)5-8/h3-5,7H,6,13H2,1-2H3. The van der Waals surface area contributed by atoms with Crippen molar-refractivity contribution >= 4 is 11.7 Å². The number of rotatable bonds is 2. The molecule has 0 fully saturated rings. The van der Waals surface area contributed by atoms with Crippen LogP contribution in [0.4, 0.5) is 0 Å². The molecule has 1 heterocycles. The van der Waals surface area contributed by atoms with Gasteiger partial charge in [-0.05, 0) is 18.6 Å². The number of ketones is 1. The highest BCUT2D eigenvalue weighted by molar-refractivity contribution is 6.04. The quantitative estimate of drug-likeness (QED) is 0.747. The smallest absolute Gasteiger partial charge is 0.254 e. The Balaban J connectivity index is 2.42. The minimum absolute atomic E-state index is 0.0330. The van der Waals surface area contributed by atoms with Gasteiger partial charge in [0.05, 0.1) is 6.04 Å². The van der Waals surface area contributed by atoms with Crippen LogP contribution < -0.4 is 5.73 Å². The minimum Gasteiger partial charge on any atom is -0.337 e. The summed E-state index contributed by atoms with van der Waals surface area (Å²) in [5.74, 6) is -0.167. The molecule has 1 amide bonds. The summed E-state index contributed by atoms with van der Waals surface area (Å²) in [5.41, 5.74) is 7.63. The third-order valence-corrected chi connectivity index (χ3v) is 2.79. The summed E-state index contributed by atoms with van der Waals surface area (Å²) >= 11 is 0. The van der Waals surface area contributed by atoms with Crippen LogP contribution in [0.25, 0.3) is 0 Å². The number of amides is 1. The van der Waals surface area contributed by atoms with Gasteiger partial charge in [-0.1, -0.05) is 12.1 Å². The number of hydrogen-bond acceptors (Lipinski definition) is 3. The molecule has 2 N–H and O–H groups in total. The summed E-state index contributed by atoms with van der Waals surface area (Å²) in [6, 6.07) is 4.67. The van der Waals surface area contributed by atoms with Gasteiger partial charge in [0.2, 0.25) is 0 Å². The summed E-state index contributed by atoms with van der Waals surface area (Å²) < 4.78 is 0. The van der Waals surface area contributed by atoms with E-state index >= 15 is 0 Å². The molecule has 0 bridgehead atoms. The zero-order chi connectivity index (χ0) is 11.9. The second kappa shape index (κ2) is 3.72. The molecule has 1 aromatic rings. The average Bonchev–Trinajstić information content (AvgIpc) is 2.53. The first-order chi connectivity index (χ1) is 7.50. The van der Waals surface area contributed by atoms with Gasteiger partial charge in [0.15, 0.2) is 5.78 Å². The Hall–Kier alpha value is -1.68. The number of nitrogens with two attached hydrogens (primary N) is 1. The molecule has 16 heavy (non-hydrogen) atoms. The second-order valence-electron chi connectivity index (χ2n) is 4.19. The first kappa shape index (κ1) is 10.8. The van der Waals surface area contributed by atoms with Crippen molar-refractivity contribution in [1.29, 1.82) is 0 Å². The Bertz CT molecular complexity index is 466. The topological polar surface area (TPSA) is 63.4 Å². The fourth-order valence-corrected chi connectivity index (χ4v) is 1.86. The lowest BCUT2D eigenvalue weighted by Crippen LogP contribution is -2.26. The van der Waals surface area contributed by atoms with E-state index in [0.717, 1.165) is 5.56 Å². The number of Topliss-reactive ketones (excluding diaryl/α,β-unsaturated/α-hetero) is 1. The Morgan fingerprint density at radius 3 is 2.81 bits per heavy atom. The molecule has 1 aliphatic heterocycles. The molecule has 0 radical (unpaired) electrons. The maximum absolute atomic E-state index is 11.7. The van der Waals surface area contributed by atoms with Crippen molar-refractivity contribution in [3.63, 3.8) is 0 Å². The Morgan fingerprint density at radius 2 is 2.19 bits per heavy atom. The highest BCUT2D eigenvalue weighted by Gasteiger charge is 2.25. The van der Waals surface area contributed by atoms with E-state index in [1.54, 1.807) is 31.0 Å². The molecule has 1 aromatic carbocycles. The van der Waals surface area contributed by atoms with Gasteiger partial charge in [0.25, 0.3) is 5.91 Å². The zero-order valence-electron chi connectivity index (χ0n) is 9.36. The Kier molecular flexibility index (Phi) is 2.52. The number of carbonyl (C=O) groups excluding carboxylic acids is 2. The molecule has 0 spiro atoms. The molecule has 2 rings (SSSR count). The Labute approximate surface area is 94.0 Å². The number of nitrogens with zero attached hydrogens (tertiary/aromatic N) is 1. The van der Waals surface area contributed by atoms with Gasteiger partial charge in [-0.15, -0.1) is 0 Å². The first-order valence-corrected chi connectivity index (χ1v) is 5.19. The first-order valence-electron chi connectivity index (χ1n) is 5.19. The maximum atomic E-state index is 11.7. The Morgan fingerprint density at radius 1 is 1.50 bits per heavy atom. The highest BCUT2D eigenvalue weighted by atomic mass is 16.2. The SMILES string of the molecule is CC(N)C(=O)c1ccc2c(c1)C(=O)N(C)C2. The van der Waals surface area contributed by atoms with Crippen molar-refractivity contribution in [3.05, 3.63) is 34.9 Å². The average molecular weight is 218 g/mol. The molecule has 0 aliphatic carbocycles. The van der Waals surface area contributed by atoms with E-state index in [9.17, 15) is 9.59 Å². The molecule has 4 heteroatoms. The molecule has 0 saturated carbocycles. The molecular weight excluding hydrogens is 204 g/mol. The van der Waals surface area contributed by atoms with Gasteiger partial charge in [-0.2, -0.15) is 0 Å². The third kappa shape index (κ3) is 1.61. The van der Waals surface area contributed by atoms with E-state index < -0.39 is 6.04 Å². The van der Waals surface area contributed by atoms with Crippen LogP contribution in [0.2, 0.25) is 0 Å². The van der Waals surface area contributed by atoms with Crippen LogP contribution in [-0.4, -0.2) is 29.7 Å². The van der Waals surface area contributed by atoms with E-state index in [4.69, 9.17) is 5.73 Å². The molecular formula is C12H14N2O2. The molecule has 1 aliphatic rings. The van der Waals surface area contributed by atoms with Crippen molar-refractivity contribution in [2.24, 2.45) is 5.73 Å². The van der Waals surface area contributed by atoms with Gasteiger partial charge in [-0.25, -0.2) is 0 Å². The van der Waals surface area contributed by atoms with E-state index in [-0.39, 0.29) is 11.7 Å². The molecule has 1 atom stereocenters. The summed E-state index contributed by atoms with van der Waals surface area (Å²) in [6.07, 6.45) is 0. The lowest BCUT2D eigenvalue weighted by molar-refractivity contribution is 0.0816. The van der Waals surface area contributed by atoms with Crippen molar-refractivity contribution in [2.45, 2.75) is 19.5 Å². The maximum Gasteiger partial charge on any atom is 0.254 e. The summed E-state index contributed by atoms with van der Waals surface area (Å²) in [4.78, 5) is 25.0. The lowest BCUT2D eigenvalue weighted by Gasteiger charge is -2.05. The van der Waals surface area contributed by atoms with Crippen molar-refractivity contribution in [1.82, 2.24) is 4.90 Å². The van der Waals surface area contributed by atoms with Gasteiger partial charge in [0, 0.05) is 24.7 Å². The van der Waals surface area contributed by atoms with Gasteiger partial charge >= 0.3 is 0 Å². The number of hydrogen-bond donors (Lipinski definition) is 1. The van der Waals surface area contributed by atoms with E-state index in [1.807, 2.05) is 6.07 Å². The molecule has 0 aromatic heterocycles. The van der Waals surface area contributed by atoms with Crippen LogP contribution in [0.1, 0.15) is 33.2 Å². The normalized spacial score (nSPS) is 16.2. The molecule has 1 unspecified atom stereocenters. The highest BCUT2D eigenvalue weighted by Crippen LogP contribution is 2.22. The minimum atomic E-state index is -0.535. The van der Waals surface area contributed by atoms with E-state index in [2.05, 4.69) is 0 Å². The third-order valence-electron chi connectivity index (χ3n) is 2.79. The molecule has 84 valence electrons. The number of carbonyl (C=O) groups is 2. The zero-order valence-corrected chi connectivity index (χ0v) is 9.36. The van der Waals surface area contributed by atoms with Gasteiger partial charge in [-0.3, -0.25) is 9.59 Å². The van der Waals surface area contributed by atoms with Crippen molar-refractivity contribution in [3.8, 4) is 0 Å². The monoisotopic (exact) mass is 218 g/mol. The summed E-state index contributed by atoms with van der Waals surface area (Å²) in [7, 11) is 1.75. The van der Waals surface area contributed by atoms with Crippen LogP contribution in [0.15, 0.2) is 18.2 Å². The van der Waals surface area contributed by atoms with Crippen LogP contribution in [0, 0.1) is 0 Å². The predicted octanol–water partition coefficient (Wildman–Crippen LogP) is 0.802. The van der Waals surface area contributed by atoms with Crippen LogP contribution in [0.3, 0.4) is 0 Å². The van der Waals surface area contributed by atoms with Crippen molar-refractivity contribution < 1.29 is 9.59 Å². The number of benzene rings is 1. The van der Waals surface area contributed by atoms with E-state index in [0.29, 0.717) is 17.7 Å². The van der Waals surface area contributed by atoms with Gasteiger partial charge < -0.3 is 10.6 Å². The second-order valence-corrected chi connectivity index (χ2v) is 4.19. The van der Waals surface area contributed by atoms with Gasteiger partial charge in [0.1, 0.15) is 0 Å². The van der Waals surface area contributed by atoms with Crippen LogP contribution in [0.5, 0.6) is 0 Å². The lowest BCUT2D eigenvalue weighted by atomic mass is 10.0. The molecule has 4 nitrogen and oxygen atoms in total. The molecule has 0 saturated heterocycles. The number of fused-ring (bicyclic) bond motifs is 1. The van der Waals surface area contributed by atoms with Crippen LogP contribution >= 0.6 is 0 Å². The summed E-state index contributed by atoms with van der Waals surface area (Å²) in [6.45, 7) is 2.25. The largest absolute Gasteiger partial charge is 0.337 e. The van der Waals surface area contributed by atoms with Crippen molar-refractivity contribution in [2.75, 3.05) is 7.05 Å². The fourth-order valence-electron chi connectivity index (χ4n) is 1.86. The predicted molar refractivity (Wildman–Crippen MR) is 60.2 cm³/mol. The fraction of sp³-hybridized carbons (Fsp3) is 0.333. The van der Waals surface area contributed by atoms with E-state index in [1.165, 1.54) is 0 Å². The summed E-state index contributed by atoms with van der Waals surface area (Å²) in [5, 5.41) is 0. The van der Waals surface area contributed by atoms with Crippen LogP contribution in [-0.2, 0) is 6.54 Å².